The van der Waals surface area contributed by atoms with Crippen LogP contribution in [0.4, 0.5) is 0 Å². The van der Waals surface area contributed by atoms with E-state index in [4.69, 9.17) is 11.6 Å². The summed E-state index contributed by atoms with van der Waals surface area (Å²) in [5.74, 6) is 0.180. The first-order chi connectivity index (χ1) is 13.0. The lowest BCUT2D eigenvalue weighted by molar-refractivity contribution is 0.0698. The normalized spacial score (nSPS) is 30.0. The fraction of sp³-hybridized carbons (Fsp3) is 0.471. The van der Waals surface area contributed by atoms with Crippen molar-refractivity contribution in [2.75, 3.05) is 13.1 Å². The molecule has 8 nitrogen and oxygen atoms in total. The number of carbonyl (C=O) groups excluding carboxylic acids is 1. The highest BCUT2D eigenvalue weighted by Crippen LogP contribution is 2.50. The molecule has 27 heavy (non-hydrogen) atoms. The van der Waals surface area contributed by atoms with Gasteiger partial charge in [-0.1, -0.05) is 23.7 Å². The third kappa shape index (κ3) is 2.45. The van der Waals surface area contributed by atoms with E-state index in [2.05, 4.69) is 15.4 Å². The minimum atomic E-state index is -3.64. The Morgan fingerprint density at radius 1 is 1.15 bits per heavy atom. The number of hydrogen-bond acceptors (Lipinski definition) is 5. The van der Waals surface area contributed by atoms with E-state index in [1.807, 2.05) is 4.90 Å². The van der Waals surface area contributed by atoms with Gasteiger partial charge < -0.3 is 4.90 Å². The summed E-state index contributed by atoms with van der Waals surface area (Å²) in [4.78, 5) is 14.9. The summed E-state index contributed by atoms with van der Waals surface area (Å²) in [7, 11) is -3.64. The zero-order valence-electron chi connectivity index (χ0n) is 14.3. The Morgan fingerprint density at radius 3 is 2.41 bits per heavy atom. The van der Waals surface area contributed by atoms with Gasteiger partial charge in [0.1, 0.15) is 4.90 Å². The average molecular weight is 408 g/mol. The lowest BCUT2D eigenvalue weighted by Gasteiger charge is -2.26. The topological polar surface area (TPSA) is 99.3 Å². The minimum Gasteiger partial charge on any atom is -0.331 e. The summed E-state index contributed by atoms with van der Waals surface area (Å²) in [5.41, 5.74) is 0.312. The van der Waals surface area contributed by atoms with E-state index < -0.39 is 10.0 Å². The zero-order valence-corrected chi connectivity index (χ0v) is 15.9. The van der Waals surface area contributed by atoms with Gasteiger partial charge >= 0.3 is 0 Å². The van der Waals surface area contributed by atoms with E-state index in [1.54, 1.807) is 24.3 Å². The maximum atomic E-state index is 13.1. The highest BCUT2D eigenvalue weighted by molar-refractivity contribution is 7.89. The van der Waals surface area contributed by atoms with Crippen molar-refractivity contribution in [1.29, 1.82) is 0 Å². The van der Waals surface area contributed by atoms with Gasteiger partial charge in [0.25, 0.3) is 5.91 Å². The second-order valence-electron chi connectivity index (χ2n) is 7.36. The predicted octanol–water partition coefficient (Wildman–Crippen LogP) is 1.38. The van der Waals surface area contributed by atoms with Gasteiger partial charge in [0.15, 0.2) is 5.69 Å². The fourth-order valence-corrected chi connectivity index (χ4v) is 7.07. The molecule has 0 aliphatic carbocycles. The van der Waals surface area contributed by atoms with E-state index in [0.29, 0.717) is 18.8 Å². The third-order valence-corrected chi connectivity index (χ3v) is 8.49. The third-order valence-electron chi connectivity index (χ3n) is 6.16. The Kier molecular flexibility index (Phi) is 3.82. The van der Waals surface area contributed by atoms with Crippen LogP contribution in [0.15, 0.2) is 35.4 Å². The lowest BCUT2D eigenvalue weighted by atomic mass is 9.82. The number of benzene rings is 1. The number of hydrogen-bond donors (Lipinski definition) is 1. The van der Waals surface area contributed by atoms with Crippen LogP contribution in [0.2, 0.25) is 5.02 Å². The number of nitrogens with one attached hydrogen (secondary N) is 1. The Bertz CT molecular complexity index is 976. The summed E-state index contributed by atoms with van der Waals surface area (Å²) in [5, 5.41) is 10.3. The van der Waals surface area contributed by atoms with Crippen molar-refractivity contribution in [3.05, 3.63) is 41.2 Å². The molecule has 2 bridgehead atoms. The van der Waals surface area contributed by atoms with E-state index >= 15 is 0 Å². The van der Waals surface area contributed by atoms with Crippen LogP contribution in [-0.4, -0.2) is 64.1 Å². The average Bonchev–Trinajstić information content (AvgIpc) is 3.42. The van der Waals surface area contributed by atoms with Gasteiger partial charge in [0, 0.05) is 25.2 Å². The quantitative estimate of drug-likeness (QED) is 0.828. The molecule has 4 heterocycles. The number of carbonyl (C=O) groups is 1. The first kappa shape index (κ1) is 17.2. The number of halogens is 1. The number of aromatic amines is 1. The van der Waals surface area contributed by atoms with Crippen LogP contribution < -0.4 is 0 Å². The van der Waals surface area contributed by atoms with Crippen LogP contribution in [0.1, 0.15) is 23.3 Å². The highest BCUT2D eigenvalue weighted by Gasteiger charge is 2.59. The van der Waals surface area contributed by atoms with Gasteiger partial charge in [0.2, 0.25) is 10.0 Å². The molecule has 10 heteroatoms. The summed E-state index contributed by atoms with van der Waals surface area (Å²) in [6, 6.07) is 6.63. The van der Waals surface area contributed by atoms with Crippen molar-refractivity contribution in [3.8, 4) is 0 Å². The standard InChI is InChI=1S/C17H18ClN5O3S/c18-12-3-1-2-4-16(12)27(25,26)22-8-10-11(9-22)15-6-5-14(10)23(15)17(24)13-7-19-21-20-13/h1-4,7,10-11,14-15H,5-6,8-9H2,(H,19,20,21)/t10-,11+,14-,15+. The van der Waals surface area contributed by atoms with E-state index in [1.165, 1.54) is 10.5 Å². The molecule has 1 N–H and O–H groups in total. The maximum absolute atomic E-state index is 13.1. The molecule has 0 spiro atoms. The van der Waals surface area contributed by atoms with Crippen molar-refractivity contribution >= 4 is 27.5 Å². The van der Waals surface area contributed by atoms with Crippen LogP contribution in [0.3, 0.4) is 0 Å². The molecule has 4 atom stereocenters. The predicted molar refractivity (Wildman–Crippen MR) is 96.6 cm³/mol. The summed E-state index contributed by atoms with van der Waals surface area (Å²) in [6.45, 7) is 0.837. The van der Waals surface area contributed by atoms with Gasteiger partial charge in [-0.25, -0.2) is 8.42 Å². The van der Waals surface area contributed by atoms with Gasteiger partial charge in [-0.05, 0) is 36.8 Å². The Hall–Kier alpha value is -1.97. The van der Waals surface area contributed by atoms with Crippen LogP contribution in [0.25, 0.3) is 0 Å². The van der Waals surface area contributed by atoms with E-state index in [0.717, 1.165) is 12.8 Å². The van der Waals surface area contributed by atoms with Gasteiger partial charge in [-0.15, -0.1) is 0 Å². The number of aromatic nitrogens is 3. The van der Waals surface area contributed by atoms with Crippen molar-refractivity contribution in [3.63, 3.8) is 0 Å². The van der Waals surface area contributed by atoms with Gasteiger partial charge in [-0.2, -0.15) is 19.7 Å². The Morgan fingerprint density at radius 2 is 1.81 bits per heavy atom. The highest BCUT2D eigenvalue weighted by atomic mass is 35.5. The van der Waals surface area contributed by atoms with Crippen molar-refractivity contribution < 1.29 is 13.2 Å². The fourth-order valence-electron chi connectivity index (χ4n) is 5.06. The molecule has 0 saturated carbocycles. The molecule has 3 saturated heterocycles. The van der Waals surface area contributed by atoms with Crippen molar-refractivity contribution in [1.82, 2.24) is 24.6 Å². The molecule has 1 aromatic carbocycles. The van der Waals surface area contributed by atoms with Gasteiger partial charge in [-0.3, -0.25) is 4.79 Å². The number of amides is 1. The molecule has 5 rings (SSSR count). The van der Waals surface area contributed by atoms with E-state index in [-0.39, 0.29) is 39.7 Å². The first-order valence-corrected chi connectivity index (χ1v) is 10.7. The summed E-state index contributed by atoms with van der Waals surface area (Å²) < 4.78 is 27.7. The SMILES string of the molecule is O=C(c1cn[nH]n1)N1[C@@H]2CC[C@H]1[C@H]1CN(S(=O)(=O)c3ccccc3Cl)C[C@H]12. The van der Waals surface area contributed by atoms with E-state index in [9.17, 15) is 13.2 Å². The zero-order chi connectivity index (χ0) is 18.8. The van der Waals surface area contributed by atoms with Crippen LogP contribution in [-0.2, 0) is 10.0 Å². The Balaban J connectivity index is 1.40. The molecule has 3 aliphatic heterocycles. The number of nitrogens with zero attached hydrogens (tertiary/aromatic N) is 4. The number of rotatable bonds is 3. The second kappa shape index (κ2) is 6.02. The number of sulfonamides is 1. The lowest BCUT2D eigenvalue weighted by Crippen LogP contribution is -2.41. The summed E-state index contributed by atoms with van der Waals surface area (Å²) in [6.07, 6.45) is 3.23. The monoisotopic (exact) mass is 407 g/mol. The molecular formula is C17H18ClN5O3S. The van der Waals surface area contributed by atoms with Crippen LogP contribution in [0.5, 0.6) is 0 Å². The molecule has 3 aliphatic rings. The largest absolute Gasteiger partial charge is 0.331 e. The number of H-pyrrole nitrogens is 1. The van der Waals surface area contributed by atoms with Gasteiger partial charge in [0.05, 0.1) is 11.2 Å². The second-order valence-corrected chi connectivity index (χ2v) is 9.67. The summed E-state index contributed by atoms with van der Waals surface area (Å²) >= 11 is 6.12. The number of fused-ring (bicyclic) bond motifs is 5. The minimum absolute atomic E-state index is 0.0515. The van der Waals surface area contributed by atoms with Crippen molar-refractivity contribution in [2.24, 2.45) is 11.8 Å². The van der Waals surface area contributed by atoms with Crippen molar-refractivity contribution in [2.45, 2.75) is 29.8 Å². The van der Waals surface area contributed by atoms with Crippen LogP contribution in [0, 0.1) is 11.8 Å². The smallest absolute Gasteiger partial charge is 0.276 e. The molecule has 2 aromatic rings. The molecule has 142 valence electrons. The van der Waals surface area contributed by atoms with Crippen LogP contribution >= 0.6 is 11.6 Å². The maximum Gasteiger partial charge on any atom is 0.276 e. The molecule has 0 unspecified atom stereocenters. The molecular weight excluding hydrogens is 390 g/mol. The molecule has 1 aromatic heterocycles. The first-order valence-electron chi connectivity index (χ1n) is 8.91. The molecule has 1 amide bonds. The molecule has 3 fully saturated rings. The molecule has 0 radical (unpaired) electrons. The Labute approximate surface area is 161 Å².